The summed E-state index contributed by atoms with van der Waals surface area (Å²) in [4.78, 5) is 7.11. The van der Waals surface area contributed by atoms with Crippen molar-refractivity contribution in [1.82, 2.24) is 14.8 Å². The highest BCUT2D eigenvalue weighted by atomic mass is 32.2. The van der Waals surface area contributed by atoms with Gasteiger partial charge in [-0.05, 0) is 31.3 Å². The van der Waals surface area contributed by atoms with Crippen molar-refractivity contribution in [3.8, 4) is 0 Å². The molecule has 0 saturated carbocycles. The summed E-state index contributed by atoms with van der Waals surface area (Å²) in [5, 5.41) is 5.54. The van der Waals surface area contributed by atoms with Crippen LogP contribution in [0.3, 0.4) is 0 Å². The number of hydrogen-bond acceptors (Lipinski definition) is 5. The maximum Gasteiger partial charge on any atom is 0.188 e. The molecular formula is C12H18N4S2. The molecule has 0 aliphatic carbocycles. The number of thiazole rings is 1. The van der Waals surface area contributed by atoms with Crippen LogP contribution in [0.15, 0.2) is 0 Å². The summed E-state index contributed by atoms with van der Waals surface area (Å²) in [6, 6.07) is 0.653. The molecule has 0 aromatic carbocycles. The summed E-state index contributed by atoms with van der Waals surface area (Å²) in [5.41, 5.74) is 2.10. The third-order valence-electron chi connectivity index (χ3n) is 3.57. The molecule has 1 aliphatic rings. The van der Waals surface area contributed by atoms with Crippen LogP contribution in [0.5, 0.6) is 0 Å². The van der Waals surface area contributed by atoms with Gasteiger partial charge in [-0.15, -0.1) is 0 Å². The molecular weight excluding hydrogens is 264 g/mol. The van der Waals surface area contributed by atoms with Crippen LogP contribution in [-0.2, 0) is 7.05 Å². The van der Waals surface area contributed by atoms with E-state index in [0.717, 1.165) is 16.5 Å². The molecule has 0 atom stereocenters. The SMILES string of the molecule is Cc1nn(C)c2nc(N(C)C3CCSCC3)sc12. The first-order valence-electron chi connectivity index (χ1n) is 6.27. The van der Waals surface area contributed by atoms with Crippen LogP contribution in [0, 0.1) is 6.92 Å². The van der Waals surface area contributed by atoms with Crippen molar-refractivity contribution >= 4 is 38.6 Å². The van der Waals surface area contributed by atoms with E-state index >= 15 is 0 Å². The summed E-state index contributed by atoms with van der Waals surface area (Å²) >= 11 is 3.84. The molecule has 1 saturated heterocycles. The Bertz CT molecular complexity index is 519. The minimum absolute atomic E-state index is 0.653. The van der Waals surface area contributed by atoms with Crippen molar-refractivity contribution in [2.24, 2.45) is 7.05 Å². The van der Waals surface area contributed by atoms with Gasteiger partial charge in [0.1, 0.15) is 0 Å². The van der Waals surface area contributed by atoms with E-state index < -0.39 is 0 Å². The van der Waals surface area contributed by atoms with E-state index in [4.69, 9.17) is 4.98 Å². The zero-order valence-electron chi connectivity index (χ0n) is 11.0. The van der Waals surface area contributed by atoms with Crippen LogP contribution in [0.2, 0.25) is 0 Å². The Morgan fingerprint density at radius 2 is 2.06 bits per heavy atom. The molecule has 0 radical (unpaired) electrons. The van der Waals surface area contributed by atoms with Gasteiger partial charge in [0, 0.05) is 20.1 Å². The van der Waals surface area contributed by atoms with Crippen molar-refractivity contribution in [2.45, 2.75) is 25.8 Å². The zero-order chi connectivity index (χ0) is 12.7. The van der Waals surface area contributed by atoms with Gasteiger partial charge in [-0.1, -0.05) is 11.3 Å². The van der Waals surface area contributed by atoms with Gasteiger partial charge in [-0.3, -0.25) is 0 Å². The highest BCUT2D eigenvalue weighted by Crippen LogP contribution is 2.33. The van der Waals surface area contributed by atoms with Crippen molar-refractivity contribution in [3.05, 3.63) is 5.69 Å². The highest BCUT2D eigenvalue weighted by molar-refractivity contribution is 7.99. The number of aromatic nitrogens is 3. The third kappa shape index (κ3) is 2.01. The molecule has 3 heterocycles. The fourth-order valence-electron chi connectivity index (χ4n) is 2.45. The van der Waals surface area contributed by atoms with E-state index in [0.29, 0.717) is 6.04 Å². The average Bonchev–Trinajstić information content (AvgIpc) is 2.93. The molecule has 2 aromatic heterocycles. The third-order valence-corrected chi connectivity index (χ3v) is 5.87. The zero-order valence-corrected chi connectivity index (χ0v) is 12.6. The molecule has 0 N–H and O–H groups in total. The first kappa shape index (κ1) is 12.3. The molecule has 98 valence electrons. The lowest BCUT2D eigenvalue weighted by Gasteiger charge is -2.30. The highest BCUT2D eigenvalue weighted by Gasteiger charge is 2.22. The predicted molar refractivity (Wildman–Crippen MR) is 79.9 cm³/mol. The molecule has 0 amide bonds. The number of hydrogen-bond donors (Lipinski definition) is 0. The number of thioether (sulfide) groups is 1. The van der Waals surface area contributed by atoms with E-state index in [2.05, 4.69) is 35.7 Å². The van der Waals surface area contributed by atoms with Gasteiger partial charge in [0.15, 0.2) is 10.8 Å². The maximum absolute atomic E-state index is 4.75. The van der Waals surface area contributed by atoms with Crippen LogP contribution < -0.4 is 4.90 Å². The molecule has 0 spiro atoms. The Balaban J connectivity index is 1.91. The lowest BCUT2D eigenvalue weighted by atomic mass is 10.1. The second-order valence-electron chi connectivity index (χ2n) is 4.81. The number of anilines is 1. The van der Waals surface area contributed by atoms with E-state index in [9.17, 15) is 0 Å². The molecule has 1 aliphatic heterocycles. The van der Waals surface area contributed by atoms with Crippen molar-refractivity contribution in [1.29, 1.82) is 0 Å². The van der Waals surface area contributed by atoms with Crippen LogP contribution >= 0.6 is 23.1 Å². The molecule has 6 heteroatoms. The fraction of sp³-hybridized carbons (Fsp3) is 0.667. The van der Waals surface area contributed by atoms with Crippen LogP contribution in [0.25, 0.3) is 10.3 Å². The minimum atomic E-state index is 0.653. The predicted octanol–water partition coefficient (Wildman–Crippen LogP) is 2.67. The second-order valence-corrected chi connectivity index (χ2v) is 7.01. The van der Waals surface area contributed by atoms with Crippen LogP contribution in [0.1, 0.15) is 18.5 Å². The molecule has 18 heavy (non-hydrogen) atoms. The minimum Gasteiger partial charge on any atom is -0.348 e. The molecule has 1 fully saturated rings. The number of fused-ring (bicyclic) bond motifs is 1. The molecule has 2 aromatic rings. The second kappa shape index (κ2) is 4.74. The van der Waals surface area contributed by atoms with Crippen molar-refractivity contribution in [2.75, 3.05) is 23.5 Å². The van der Waals surface area contributed by atoms with Crippen molar-refractivity contribution < 1.29 is 0 Å². The Kier molecular flexibility index (Phi) is 3.23. The Morgan fingerprint density at radius 1 is 1.33 bits per heavy atom. The summed E-state index contributed by atoms with van der Waals surface area (Å²) in [6.45, 7) is 2.06. The first-order valence-corrected chi connectivity index (χ1v) is 8.24. The number of rotatable bonds is 2. The van der Waals surface area contributed by atoms with Gasteiger partial charge in [0.05, 0.1) is 10.4 Å². The van der Waals surface area contributed by atoms with E-state index in [-0.39, 0.29) is 0 Å². The summed E-state index contributed by atoms with van der Waals surface area (Å²) in [6.07, 6.45) is 2.54. The van der Waals surface area contributed by atoms with Gasteiger partial charge in [-0.25, -0.2) is 9.67 Å². The van der Waals surface area contributed by atoms with Crippen LogP contribution in [-0.4, -0.2) is 39.4 Å². The molecule has 3 rings (SSSR count). The molecule has 0 bridgehead atoms. The van der Waals surface area contributed by atoms with Gasteiger partial charge >= 0.3 is 0 Å². The van der Waals surface area contributed by atoms with Gasteiger partial charge in [-0.2, -0.15) is 16.9 Å². The Hall–Kier alpha value is -0.750. The topological polar surface area (TPSA) is 34.0 Å². The van der Waals surface area contributed by atoms with Gasteiger partial charge in [0.25, 0.3) is 0 Å². The average molecular weight is 282 g/mol. The Labute approximate surface area is 115 Å². The first-order chi connectivity index (χ1) is 8.66. The normalized spacial score (nSPS) is 17.5. The van der Waals surface area contributed by atoms with Crippen molar-refractivity contribution in [3.63, 3.8) is 0 Å². The van der Waals surface area contributed by atoms with E-state index in [1.807, 2.05) is 11.7 Å². The quantitative estimate of drug-likeness (QED) is 0.848. The number of aryl methyl sites for hydroxylation is 2. The smallest absolute Gasteiger partial charge is 0.188 e. The Morgan fingerprint density at radius 3 is 2.72 bits per heavy atom. The fourth-order valence-corrected chi connectivity index (χ4v) is 4.60. The number of nitrogens with zero attached hydrogens (tertiary/aromatic N) is 4. The summed E-state index contributed by atoms with van der Waals surface area (Å²) in [7, 11) is 4.15. The monoisotopic (exact) mass is 282 g/mol. The van der Waals surface area contributed by atoms with Gasteiger partial charge < -0.3 is 4.90 Å². The summed E-state index contributed by atoms with van der Waals surface area (Å²) < 4.78 is 3.11. The lowest BCUT2D eigenvalue weighted by molar-refractivity contribution is 0.587. The van der Waals surface area contributed by atoms with E-state index in [1.54, 1.807) is 11.3 Å². The lowest BCUT2D eigenvalue weighted by Crippen LogP contribution is -2.34. The summed E-state index contributed by atoms with van der Waals surface area (Å²) in [5.74, 6) is 2.56. The largest absolute Gasteiger partial charge is 0.348 e. The van der Waals surface area contributed by atoms with E-state index in [1.165, 1.54) is 29.0 Å². The standard InChI is InChI=1S/C12H18N4S2/c1-8-10-11(16(3)14-8)13-12(18-10)15(2)9-4-6-17-7-5-9/h9H,4-7H2,1-3H3. The van der Waals surface area contributed by atoms with Gasteiger partial charge in [0.2, 0.25) is 0 Å². The molecule has 4 nitrogen and oxygen atoms in total. The maximum atomic E-state index is 4.75. The van der Waals surface area contributed by atoms with Crippen LogP contribution in [0.4, 0.5) is 5.13 Å². The molecule has 0 unspecified atom stereocenters.